The van der Waals surface area contributed by atoms with Crippen LogP contribution in [0, 0.1) is 40.4 Å². The van der Waals surface area contributed by atoms with Gasteiger partial charge in [0.2, 0.25) is 0 Å². The Labute approximate surface area is 491 Å². The molecule has 0 bridgehead atoms. The first-order valence-corrected chi connectivity index (χ1v) is 30.0. The number of aliphatic hydroxyl groups is 4. The molecule has 2 heterocycles. The molecule has 7 aliphatic rings. The highest BCUT2D eigenvalue weighted by molar-refractivity contribution is 5.89. The standard InChI is InChI=1S/C65H83NO18/c1-35(2)16-23-50(69)36(3)65(75)53(31-49-46-22-19-39-30-40(68)24-27-63(39,5)48(46)25-28-64(49,65)6)82-61-58(80-37(4)67)56(51(70)33-77-61)84-60-57(83-59(73)38-17-20-41(76-7)21-18-38)55(72)52(34-78-60)81-54(71)26-29-66-62(74)79-32-47-44-14-10-8-12-42(44)43-13-9-11-15-45(43)47/h8-15,17-21,35-36,40,46-49,51-53,55-58,60-61,68,70,72,75H,16,22-34H2,1-7H3,(H,66,74)/t36-,40+,46-,48?,49+,51+,52-,53+,55+,56+,57-,58-,60+,61+,63+,64+,65-/m1/s1. The molecule has 0 spiro atoms. The van der Waals surface area contributed by atoms with Crippen molar-refractivity contribution in [3.05, 3.63) is 101 Å². The molecule has 10 rings (SSSR count). The third-order valence-electron chi connectivity index (χ3n) is 20.0. The molecular formula is C65H83NO18. The van der Waals surface area contributed by atoms with E-state index in [2.05, 4.69) is 25.2 Å². The molecule has 17 atom stereocenters. The highest BCUT2D eigenvalue weighted by atomic mass is 16.8. The predicted octanol–water partition coefficient (Wildman–Crippen LogP) is 7.50. The summed E-state index contributed by atoms with van der Waals surface area (Å²) < 4.78 is 54.2. The summed E-state index contributed by atoms with van der Waals surface area (Å²) in [5, 5.41) is 50.7. The lowest BCUT2D eigenvalue weighted by molar-refractivity contribution is -0.345. The Morgan fingerprint density at radius 2 is 1.45 bits per heavy atom. The minimum absolute atomic E-state index is 0.0513. The van der Waals surface area contributed by atoms with E-state index >= 15 is 0 Å². The van der Waals surface area contributed by atoms with Gasteiger partial charge in [0.15, 0.2) is 30.9 Å². The zero-order valence-electron chi connectivity index (χ0n) is 49.1. The van der Waals surface area contributed by atoms with Crippen LogP contribution in [0.15, 0.2) is 84.4 Å². The fraction of sp³-hybridized carbons (Fsp3) is 0.615. The van der Waals surface area contributed by atoms with E-state index in [4.69, 9.17) is 42.6 Å². The van der Waals surface area contributed by atoms with Crippen molar-refractivity contribution < 1.29 is 87.0 Å². The zero-order chi connectivity index (χ0) is 59.8. The van der Waals surface area contributed by atoms with Crippen LogP contribution in [0.2, 0.25) is 0 Å². The van der Waals surface area contributed by atoms with E-state index in [1.807, 2.05) is 62.4 Å². The van der Waals surface area contributed by atoms with Gasteiger partial charge in [0, 0.05) is 37.1 Å². The lowest BCUT2D eigenvalue weighted by Gasteiger charge is -2.59. The number of fused-ring (bicyclic) bond motifs is 8. The molecule has 5 fully saturated rings. The number of nitrogens with one attached hydrogen (secondary N) is 1. The summed E-state index contributed by atoms with van der Waals surface area (Å²) in [6, 6.07) is 21.8. The van der Waals surface area contributed by atoms with Crippen LogP contribution in [0.4, 0.5) is 4.79 Å². The first-order valence-electron chi connectivity index (χ1n) is 30.0. The van der Waals surface area contributed by atoms with E-state index in [1.165, 1.54) is 36.9 Å². The lowest BCUT2D eigenvalue weighted by Crippen LogP contribution is -2.64. The number of alkyl carbamates (subject to hydrolysis) is 1. The van der Waals surface area contributed by atoms with Gasteiger partial charge in [0.25, 0.3) is 0 Å². The van der Waals surface area contributed by atoms with Crippen molar-refractivity contribution in [1.82, 2.24) is 5.32 Å². The van der Waals surface area contributed by atoms with E-state index in [9.17, 15) is 44.4 Å². The van der Waals surface area contributed by atoms with Crippen LogP contribution in [-0.2, 0) is 52.3 Å². The molecule has 19 heteroatoms. The summed E-state index contributed by atoms with van der Waals surface area (Å²) in [5.41, 5.74) is 2.89. The number of hydrogen-bond donors (Lipinski definition) is 5. The number of allylic oxidation sites excluding steroid dienone is 1. The largest absolute Gasteiger partial charge is 0.497 e. The zero-order valence-corrected chi connectivity index (χ0v) is 49.1. The van der Waals surface area contributed by atoms with Crippen molar-refractivity contribution in [1.29, 1.82) is 0 Å². The molecule has 3 saturated carbocycles. The number of carbonyl (C=O) groups is 5. The lowest BCUT2D eigenvalue weighted by atomic mass is 9.46. The number of rotatable bonds is 19. The number of hydrogen-bond acceptors (Lipinski definition) is 18. The van der Waals surface area contributed by atoms with Crippen LogP contribution < -0.4 is 10.1 Å². The second-order valence-corrected chi connectivity index (χ2v) is 25.2. The molecule has 19 nitrogen and oxygen atoms in total. The molecular weight excluding hydrogens is 1080 g/mol. The third kappa shape index (κ3) is 11.9. The van der Waals surface area contributed by atoms with Gasteiger partial charge in [-0.1, -0.05) is 94.8 Å². The second-order valence-electron chi connectivity index (χ2n) is 25.2. The van der Waals surface area contributed by atoms with Gasteiger partial charge >= 0.3 is 24.0 Å². The van der Waals surface area contributed by atoms with Gasteiger partial charge in [-0.05, 0) is 127 Å². The third-order valence-corrected chi connectivity index (χ3v) is 20.0. The van der Waals surface area contributed by atoms with Crippen LogP contribution >= 0.6 is 0 Å². The summed E-state index contributed by atoms with van der Waals surface area (Å²) in [6.45, 7) is 10.4. The Morgan fingerprint density at radius 1 is 0.774 bits per heavy atom. The van der Waals surface area contributed by atoms with Gasteiger partial charge in [-0.3, -0.25) is 14.4 Å². The summed E-state index contributed by atoms with van der Waals surface area (Å²) in [5.74, 6) is -2.75. The first-order chi connectivity index (χ1) is 40.1. The monoisotopic (exact) mass is 1170 g/mol. The van der Waals surface area contributed by atoms with Crippen molar-refractivity contribution in [3.63, 3.8) is 0 Å². The van der Waals surface area contributed by atoms with Crippen LogP contribution in [0.3, 0.4) is 0 Å². The Balaban J connectivity index is 0.852. The summed E-state index contributed by atoms with van der Waals surface area (Å²) >= 11 is 0. The van der Waals surface area contributed by atoms with Crippen LogP contribution in [-0.4, -0.2) is 151 Å². The maximum absolute atomic E-state index is 14.4. The first kappa shape index (κ1) is 61.3. The highest BCUT2D eigenvalue weighted by Crippen LogP contribution is 2.69. The highest BCUT2D eigenvalue weighted by Gasteiger charge is 2.71. The molecule has 3 aromatic carbocycles. The van der Waals surface area contributed by atoms with Crippen LogP contribution in [0.25, 0.3) is 11.1 Å². The van der Waals surface area contributed by atoms with E-state index in [0.717, 1.165) is 48.4 Å². The number of carbonyl (C=O) groups excluding carboxylic acids is 5. The number of Topliss-reactive ketones (excluding diaryl/α,β-unsaturated/α-hetero) is 1. The fourth-order valence-electron chi connectivity index (χ4n) is 15.3. The average Bonchev–Trinajstić information content (AvgIpc) is 1.48. The smallest absolute Gasteiger partial charge is 0.407 e. The van der Waals surface area contributed by atoms with E-state index in [1.54, 1.807) is 6.92 Å². The number of benzene rings is 3. The molecule has 5 aliphatic carbocycles. The Kier molecular flexibility index (Phi) is 18.5. The molecule has 5 N–H and O–H groups in total. The van der Waals surface area contributed by atoms with Gasteiger partial charge in [0.05, 0.1) is 44.5 Å². The summed E-state index contributed by atoms with van der Waals surface area (Å²) in [7, 11) is 1.46. The minimum atomic E-state index is -1.80. The predicted molar refractivity (Wildman–Crippen MR) is 303 cm³/mol. The van der Waals surface area contributed by atoms with E-state index < -0.39 is 109 Å². The topological polar surface area (TPSA) is 261 Å². The second kappa shape index (κ2) is 25.3. The van der Waals surface area contributed by atoms with Crippen molar-refractivity contribution in [3.8, 4) is 16.9 Å². The molecule has 2 aliphatic heterocycles. The maximum atomic E-state index is 14.4. The molecule has 1 amide bonds. The number of amides is 1. The van der Waals surface area contributed by atoms with Crippen molar-refractivity contribution in [2.24, 2.45) is 40.4 Å². The van der Waals surface area contributed by atoms with Crippen LogP contribution in [0.1, 0.15) is 133 Å². The molecule has 0 aromatic heterocycles. The molecule has 3 aromatic rings. The molecule has 1 unspecified atom stereocenters. The summed E-state index contributed by atoms with van der Waals surface area (Å²) in [4.78, 5) is 67.8. The summed E-state index contributed by atoms with van der Waals surface area (Å²) in [6.07, 6.45) is -7.43. The molecule has 0 radical (unpaired) electrons. The van der Waals surface area contributed by atoms with Crippen molar-refractivity contribution >= 4 is 29.8 Å². The SMILES string of the molecule is COc1ccc(C(=O)O[C@H]2[C@H](O[C@@H]3[C@@H](OC(C)=O)[C@H](O[C@H]4C[C@H]5[C@@H]6CC=C7C[C@@H](O)CC[C@]7(C)C6CC[C@]5(C)[C@@]4(O)[C@H](C)C(=O)CCC(C)C)OC[C@@H]3O)OC[C@@H](OC(=O)CCNC(=O)OCC3c4ccccc4-c4ccccc43)[C@@H]2O)cc1. The number of aliphatic hydroxyl groups excluding tert-OH is 3. The maximum Gasteiger partial charge on any atom is 0.407 e. The average molecular weight is 1170 g/mol. The molecule has 2 saturated heterocycles. The fourth-order valence-corrected chi connectivity index (χ4v) is 15.3. The van der Waals surface area contributed by atoms with Gasteiger partial charge in [0.1, 0.15) is 42.1 Å². The van der Waals surface area contributed by atoms with E-state index in [0.29, 0.717) is 37.9 Å². The Bertz CT molecular complexity index is 2870. The molecule has 456 valence electrons. The van der Waals surface area contributed by atoms with Crippen molar-refractivity contribution in [2.45, 2.75) is 179 Å². The number of ether oxygens (including phenoxy) is 9. The van der Waals surface area contributed by atoms with Crippen molar-refractivity contribution in [2.75, 3.05) is 33.5 Å². The Morgan fingerprint density at radius 3 is 2.13 bits per heavy atom. The van der Waals surface area contributed by atoms with E-state index in [-0.39, 0.29) is 78.4 Å². The normalized spacial score (nSPS) is 34.5. The number of ketones is 1. The number of esters is 3. The van der Waals surface area contributed by atoms with Gasteiger partial charge in [-0.2, -0.15) is 0 Å². The number of methoxy groups -OCH3 is 1. The van der Waals surface area contributed by atoms with Crippen LogP contribution in [0.5, 0.6) is 5.75 Å². The molecule has 84 heavy (non-hydrogen) atoms. The van der Waals surface area contributed by atoms with Gasteiger partial charge in [-0.15, -0.1) is 0 Å². The van der Waals surface area contributed by atoms with Gasteiger partial charge in [-0.25, -0.2) is 9.59 Å². The van der Waals surface area contributed by atoms with Gasteiger partial charge < -0.3 is 68.4 Å². The minimum Gasteiger partial charge on any atom is -0.497 e. The Hall–Kier alpha value is -5.77. The quantitative estimate of drug-likeness (QED) is 0.0442.